The van der Waals surface area contributed by atoms with Crippen LogP contribution in [0.15, 0.2) is 302 Å². The van der Waals surface area contributed by atoms with Crippen LogP contribution in [0.3, 0.4) is 0 Å². The van der Waals surface area contributed by atoms with Gasteiger partial charge in [-0.3, -0.25) is 0 Å². The van der Waals surface area contributed by atoms with Gasteiger partial charge in [-0.2, -0.15) is 0 Å². The molecule has 129 heavy (non-hydrogen) atoms. The van der Waals surface area contributed by atoms with Crippen molar-refractivity contribution < 1.29 is 25.9 Å². The molecule has 0 N–H and O–H groups in total. The first-order valence-electron chi connectivity index (χ1n) is 49.5. The van der Waals surface area contributed by atoms with Gasteiger partial charge in [0, 0.05) is 108 Å². The van der Waals surface area contributed by atoms with E-state index < -0.39 is 13.7 Å². The maximum atomic E-state index is 8.98. The summed E-state index contributed by atoms with van der Waals surface area (Å²) in [5, 5.41) is 4.39. The Labute approximate surface area is 783 Å². The van der Waals surface area contributed by atoms with E-state index in [0.29, 0.717) is 17.7 Å². The second-order valence-electron chi connectivity index (χ2n) is 44.0. The Hall–Kier alpha value is -11.3. The molecule has 12 aromatic carbocycles. The molecule has 6 aliphatic carbocycles. The lowest BCUT2D eigenvalue weighted by atomic mass is 9.54. The van der Waals surface area contributed by atoms with Gasteiger partial charge in [-0.1, -0.05) is 278 Å². The van der Waals surface area contributed by atoms with Crippen LogP contribution in [-0.2, 0) is 60.6 Å². The number of halogens is 1. The number of fused-ring (bicyclic) bond motifs is 8. The lowest BCUT2D eigenvalue weighted by Gasteiger charge is -2.49. The predicted molar refractivity (Wildman–Crippen MR) is 547 cm³/mol. The highest BCUT2D eigenvalue weighted by molar-refractivity contribution is 9.10. The smallest absolute Gasteiger partial charge is 0.136 e. The van der Waals surface area contributed by atoms with E-state index in [2.05, 4.69) is 406 Å². The zero-order valence-electron chi connectivity index (χ0n) is 85.3. The summed E-state index contributed by atoms with van der Waals surface area (Å²) in [5.74, 6) is 2.31. The van der Waals surface area contributed by atoms with E-state index in [1.165, 1.54) is 86.9 Å². The molecule has 0 amide bonds. The van der Waals surface area contributed by atoms with Crippen LogP contribution >= 0.6 is 15.9 Å². The number of benzene rings is 12. The molecule has 4 heterocycles. The minimum Gasteiger partial charge on any atom is -0.463 e. The highest BCUT2D eigenvalue weighted by Crippen LogP contribution is 2.62. The minimum atomic E-state index is -2.42. The summed E-state index contributed by atoms with van der Waals surface area (Å²) < 4.78 is 78.8. The Morgan fingerprint density at radius 1 is 0.295 bits per heavy atom. The van der Waals surface area contributed by atoms with Crippen LogP contribution in [0.2, 0.25) is 0 Å². The van der Waals surface area contributed by atoms with Crippen molar-refractivity contribution in [3.63, 3.8) is 0 Å². The summed E-state index contributed by atoms with van der Waals surface area (Å²) in [4.78, 5) is 6.63. The normalized spacial score (nSPS) is 19.4. The zero-order valence-corrected chi connectivity index (χ0v) is 80.9. The van der Waals surface area contributed by atoms with E-state index in [1.807, 2.05) is 36.6 Å². The topological polar surface area (TPSA) is 62.3 Å². The van der Waals surface area contributed by atoms with Gasteiger partial charge in [-0.25, -0.2) is 0 Å². The number of aryl methyl sites for hydroxylation is 2. The Bertz CT molecular complexity index is 7080. The molecule has 4 aromatic heterocycles. The van der Waals surface area contributed by atoms with Crippen molar-refractivity contribution in [3.05, 3.63) is 373 Å². The number of anilines is 9. The Kier molecular flexibility index (Phi) is 20.5. The maximum Gasteiger partial charge on any atom is 0.136 e. The highest BCUT2D eigenvalue weighted by atomic mass is 79.9. The molecule has 0 spiro atoms. The average molecular weight is 1780 g/mol. The molecule has 0 saturated heterocycles. The number of furan rings is 4. The molecule has 0 atom stereocenters. The van der Waals surface area contributed by atoms with Gasteiger partial charge in [0.25, 0.3) is 0 Å². The first kappa shape index (κ1) is 81.0. The largest absolute Gasteiger partial charge is 0.463 e. The third kappa shape index (κ3) is 16.7. The van der Waals surface area contributed by atoms with Crippen molar-refractivity contribution >= 4 is 111 Å². The molecular weight excluding hydrogens is 1640 g/mol. The van der Waals surface area contributed by atoms with Crippen LogP contribution in [0, 0.1) is 13.7 Å². The third-order valence-electron chi connectivity index (χ3n) is 29.7. The average Bonchev–Trinajstić information content (AvgIpc) is 1.56. The van der Waals surface area contributed by atoms with Gasteiger partial charge in [0.2, 0.25) is 0 Å². The Morgan fingerprint density at radius 3 is 1.05 bits per heavy atom. The van der Waals surface area contributed by atoms with E-state index in [0.717, 1.165) is 137 Å². The van der Waals surface area contributed by atoms with E-state index in [9.17, 15) is 0 Å². The van der Waals surface area contributed by atoms with Gasteiger partial charge in [0.05, 0.1) is 10.2 Å². The molecule has 22 rings (SSSR count). The van der Waals surface area contributed by atoms with Crippen LogP contribution in [0.5, 0.6) is 0 Å². The summed E-state index contributed by atoms with van der Waals surface area (Å²) in [6.45, 7) is 40.6. The van der Waals surface area contributed by atoms with Crippen molar-refractivity contribution in [2.45, 2.75) is 264 Å². The van der Waals surface area contributed by atoms with Crippen molar-refractivity contribution in [3.8, 4) is 0 Å². The summed E-state index contributed by atoms with van der Waals surface area (Å²) in [7, 11) is 0. The van der Waals surface area contributed by atoms with Gasteiger partial charge in [0.1, 0.15) is 46.4 Å². The summed E-state index contributed by atoms with van der Waals surface area (Å²) in [6, 6.07) is 93.7. The fourth-order valence-corrected chi connectivity index (χ4v) is 21.3. The van der Waals surface area contributed by atoms with Crippen LogP contribution in [0.4, 0.5) is 51.2 Å². The lowest BCUT2D eigenvalue weighted by molar-refractivity contribution is 0.161. The quantitative estimate of drug-likeness (QED) is 0.101. The lowest BCUT2D eigenvalue weighted by Crippen LogP contribution is -2.43. The molecule has 8 heteroatoms. The van der Waals surface area contributed by atoms with Crippen LogP contribution in [0.1, 0.15) is 287 Å². The SMILES string of the molecule is CC(C)(c1ccccc1)c1ccc2occ(Br)c2c1.[2H]C([2H])([2H])c1cc(Cc2ccc(C(C)(C)C)cc2)cc(N(c2ccc(C(C)(C)C)cc2)c2ccc3oc4c(c3c2)C2(C)CCC4(C)CC2)c1.[2H]C([2H])([2H])c1cc(N(c2ccc(C(C)(C)C)cc2)c2ccc3oc4c(c3c2)C2(C)CCC4(C)CC2)cc(N(c2ccc(C(C)(C)C)cc2)c2coc3ccc(C(C)(C)c4ccccc4)cc23)c1. The Balaban J connectivity index is 0.000000155. The summed E-state index contributed by atoms with van der Waals surface area (Å²) >= 11 is 3.53. The summed E-state index contributed by atoms with van der Waals surface area (Å²) in [5.41, 5.74) is 26.6. The molecule has 0 unspecified atom stereocenters. The number of nitrogens with zero attached hydrogens (tertiary/aromatic N) is 3. The van der Waals surface area contributed by atoms with Crippen molar-refractivity contribution in [1.29, 1.82) is 0 Å². The highest BCUT2D eigenvalue weighted by Gasteiger charge is 2.53. The molecular formula is C121H130BrN3O4. The monoisotopic (exact) mass is 1770 g/mol. The first-order chi connectivity index (χ1) is 63.5. The van der Waals surface area contributed by atoms with Crippen molar-refractivity contribution in [1.82, 2.24) is 0 Å². The van der Waals surface area contributed by atoms with E-state index >= 15 is 0 Å². The second kappa shape index (κ2) is 32.7. The number of hydrogen-bond acceptors (Lipinski definition) is 7. The van der Waals surface area contributed by atoms with Crippen LogP contribution in [0.25, 0.3) is 43.9 Å². The van der Waals surface area contributed by atoms with Gasteiger partial charge >= 0.3 is 0 Å². The maximum absolute atomic E-state index is 8.98. The molecule has 2 fully saturated rings. The van der Waals surface area contributed by atoms with Crippen molar-refractivity contribution in [2.24, 2.45) is 0 Å². The van der Waals surface area contributed by atoms with Crippen LogP contribution < -0.4 is 14.7 Å². The van der Waals surface area contributed by atoms with Gasteiger partial charge in [-0.05, 0) is 314 Å². The first-order valence-corrected chi connectivity index (χ1v) is 47.3. The fraction of sp³-hybridized carbons (Fsp3) is 0.339. The second-order valence-corrected chi connectivity index (χ2v) is 44.8. The number of hydrogen-bond donors (Lipinski definition) is 0. The molecule has 0 radical (unpaired) electrons. The number of rotatable bonds is 15. The molecule has 0 aliphatic heterocycles. The van der Waals surface area contributed by atoms with E-state index in [4.69, 9.17) is 25.9 Å². The van der Waals surface area contributed by atoms with Gasteiger partial charge in [-0.15, -0.1) is 0 Å². The summed E-state index contributed by atoms with van der Waals surface area (Å²) in [6.07, 6.45) is 13.4. The fourth-order valence-electron chi connectivity index (χ4n) is 20.9. The van der Waals surface area contributed by atoms with Gasteiger partial charge < -0.3 is 32.4 Å². The molecule has 4 bridgehead atoms. The predicted octanol–water partition coefficient (Wildman–Crippen LogP) is 35.5. The minimum absolute atomic E-state index is 0.0138. The van der Waals surface area contributed by atoms with Gasteiger partial charge in [0.15, 0.2) is 0 Å². The standard InChI is InChI=1S/C60H64N2O2.C44H51NO.C17H15BrO/c1-39-33-47(61(44-22-17-40(18-23-44)56(2,3)4)46-26-28-53-50(37-46)54-55(64-53)60(11)31-29-59(54,10)30-32-60)36-48(34-39)62(45-24-19-41(20-25-45)57(5,6)7)51-38-63-52-27-21-43(35-49(51)52)58(8,9)42-15-13-12-14-16-42;1-29-24-31(26-30-10-12-32(13-11-30)41(2,3)4)27-36(25-29)45(34-16-14-33(15-17-34)42(5,6)7)35-18-19-38-37(28-35)39-40(46-38)44(9)22-20-43(39,8)21-23-44;1-17(2,12-6-4-3-5-7-12)13-8-9-16-14(10-13)15(18)11-19-16/h12-28,33-38H,29-32H2,1-11H3;10-19,24-25,27-28H,20-23,26H2,1-9H3;3-11H,1-2H3/i2*1D3;. The van der Waals surface area contributed by atoms with E-state index in [-0.39, 0.29) is 59.7 Å². The molecule has 16 aromatic rings. The van der Waals surface area contributed by atoms with E-state index in [1.54, 1.807) is 6.26 Å². The van der Waals surface area contributed by atoms with Crippen LogP contribution in [-0.4, -0.2) is 0 Å². The molecule has 7 nitrogen and oxygen atoms in total. The van der Waals surface area contributed by atoms with Crippen molar-refractivity contribution in [2.75, 3.05) is 14.7 Å². The third-order valence-corrected chi connectivity index (χ3v) is 30.3. The molecule has 660 valence electrons. The Morgan fingerprint density at radius 2 is 0.636 bits per heavy atom. The molecule has 6 aliphatic rings. The molecule has 2 saturated carbocycles. The zero-order chi connectivity index (χ0) is 96.1.